The predicted octanol–water partition coefficient (Wildman–Crippen LogP) is 4.53. The summed E-state index contributed by atoms with van der Waals surface area (Å²) < 4.78 is 0. The van der Waals surface area contributed by atoms with Crippen LogP contribution in [0.3, 0.4) is 0 Å². The van der Waals surface area contributed by atoms with Crippen LogP contribution in [0.4, 0.5) is 5.82 Å². The third kappa shape index (κ3) is 2.61. The van der Waals surface area contributed by atoms with Crippen LogP contribution in [-0.2, 0) is 6.54 Å². The fourth-order valence-electron chi connectivity index (χ4n) is 2.15. The number of nitrogens with one attached hydrogen (secondary N) is 1. The minimum absolute atomic E-state index is 0.838. The van der Waals surface area contributed by atoms with Crippen molar-refractivity contribution in [1.29, 1.82) is 0 Å². The zero-order valence-corrected chi connectivity index (χ0v) is 11.9. The van der Waals surface area contributed by atoms with Crippen molar-refractivity contribution in [3.63, 3.8) is 0 Å². The Labute approximate surface area is 117 Å². The molecule has 0 aliphatic heterocycles. The Bertz CT molecular complexity index is 716. The van der Waals surface area contributed by atoms with Gasteiger partial charge in [0.05, 0.1) is 12.1 Å². The van der Waals surface area contributed by atoms with Gasteiger partial charge in [0.15, 0.2) is 0 Å². The number of pyridine rings is 1. The van der Waals surface area contributed by atoms with Crippen molar-refractivity contribution in [2.24, 2.45) is 0 Å². The average molecular weight is 268 g/mol. The van der Waals surface area contributed by atoms with E-state index in [0.717, 1.165) is 17.9 Å². The highest BCUT2D eigenvalue weighted by Crippen LogP contribution is 2.21. The van der Waals surface area contributed by atoms with Crippen LogP contribution in [0.2, 0.25) is 0 Å². The van der Waals surface area contributed by atoms with E-state index in [4.69, 9.17) is 4.98 Å². The molecule has 1 N–H and O–H groups in total. The molecule has 0 aliphatic carbocycles. The van der Waals surface area contributed by atoms with Crippen molar-refractivity contribution in [2.45, 2.75) is 20.4 Å². The third-order valence-corrected chi connectivity index (χ3v) is 4.14. The van der Waals surface area contributed by atoms with E-state index >= 15 is 0 Å². The molecule has 2 nitrogen and oxygen atoms in total. The number of hydrogen-bond acceptors (Lipinski definition) is 3. The van der Waals surface area contributed by atoms with E-state index in [9.17, 15) is 0 Å². The van der Waals surface area contributed by atoms with Gasteiger partial charge in [-0.2, -0.15) is 0 Å². The first-order valence-corrected chi connectivity index (χ1v) is 7.19. The molecule has 0 atom stereocenters. The summed E-state index contributed by atoms with van der Waals surface area (Å²) in [5.74, 6) is 0.977. The Morgan fingerprint density at radius 3 is 2.74 bits per heavy atom. The van der Waals surface area contributed by atoms with Crippen molar-refractivity contribution in [2.75, 3.05) is 5.32 Å². The summed E-state index contributed by atoms with van der Waals surface area (Å²) in [6.07, 6.45) is 0. The summed E-state index contributed by atoms with van der Waals surface area (Å²) in [5.41, 5.74) is 2.23. The first-order valence-electron chi connectivity index (χ1n) is 6.38. The van der Waals surface area contributed by atoms with Gasteiger partial charge in [-0.1, -0.05) is 18.2 Å². The minimum atomic E-state index is 0.838. The lowest BCUT2D eigenvalue weighted by molar-refractivity contribution is 1.14. The summed E-state index contributed by atoms with van der Waals surface area (Å²) in [6.45, 7) is 5.07. The molecule has 2 heterocycles. The van der Waals surface area contributed by atoms with Crippen LogP contribution >= 0.6 is 11.3 Å². The average Bonchev–Trinajstić information content (AvgIpc) is 2.82. The van der Waals surface area contributed by atoms with Gasteiger partial charge in [0.1, 0.15) is 5.82 Å². The van der Waals surface area contributed by atoms with Crippen LogP contribution in [0.5, 0.6) is 0 Å². The monoisotopic (exact) mass is 268 g/mol. The van der Waals surface area contributed by atoms with E-state index < -0.39 is 0 Å². The lowest BCUT2D eigenvalue weighted by Gasteiger charge is -2.09. The molecule has 0 bridgehead atoms. The molecule has 0 saturated heterocycles. The molecule has 0 radical (unpaired) electrons. The van der Waals surface area contributed by atoms with E-state index in [0.29, 0.717) is 0 Å². The number of hydrogen-bond donors (Lipinski definition) is 1. The van der Waals surface area contributed by atoms with Gasteiger partial charge in [-0.3, -0.25) is 0 Å². The first kappa shape index (κ1) is 12.2. The summed E-state index contributed by atoms with van der Waals surface area (Å²) in [4.78, 5) is 7.38. The largest absolute Gasteiger partial charge is 0.365 e. The van der Waals surface area contributed by atoms with E-state index in [1.165, 1.54) is 20.7 Å². The third-order valence-electron chi connectivity index (χ3n) is 3.14. The van der Waals surface area contributed by atoms with Gasteiger partial charge >= 0.3 is 0 Å². The first-order chi connectivity index (χ1) is 9.22. The Morgan fingerprint density at radius 2 is 1.95 bits per heavy atom. The number of benzene rings is 1. The van der Waals surface area contributed by atoms with Crippen LogP contribution < -0.4 is 5.32 Å². The highest BCUT2D eigenvalue weighted by Gasteiger charge is 2.03. The summed E-state index contributed by atoms with van der Waals surface area (Å²) in [7, 11) is 0. The molecule has 3 aromatic rings. The Hall–Kier alpha value is -1.87. The summed E-state index contributed by atoms with van der Waals surface area (Å²) >= 11 is 1.83. The highest BCUT2D eigenvalue weighted by molar-refractivity contribution is 7.11. The topological polar surface area (TPSA) is 24.9 Å². The zero-order chi connectivity index (χ0) is 13.2. The highest BCUT2D eigenvalue weighted by atomic mass is 32.1. The van der Waals surface area contributed by atoms with Crippen LogP contribution in [0.1, 0.15) is 15.3 Å². The smallest absolute Gasteiger partial charge is 0.129 e. The number of aromatic nitrogens is 1. The molecule has 0 saturated carbocycles. The van der Waals surface area contributed by atoms with E-state index in [1.54, 1.807) is 0 Å². The SMILES string of the molecule is Cc1ccc(CNc2nc3ccccc3cc2C)s1. The summed E-state index contributed by atoms with van der Waals surface area (Å²) in [5, 5.41) is 4.63. The van der Waals surface area contributed by atoms with Crippen molar-refractivity contribution in [1.82, 2.24) is 4.98 Å². The van der Waals surface area contributed by atoms with Crippen molar-refractivity contribution in [3.8, 4) is 0 Å². The van der Waals surface area contributed by atoms with E-state index in [2.05, 4.69) is 49.5 Å². The number of fused-ring (bicyclic) bond motifs is 1. The van der Waals surface area contributed by atoms with E-state index in [1.807, 2.05) is 23.5 Å². The van der Waals surface area contributed by atoms with Crippen molar-refractivity contribution >= 4 is 28.1 Å². The zero-order valence-electron chi connectivity index (χ0n) is 11.1. The van der Waals surface area contributed by atoms with Gasteiger partial charge in [-0.15, -0.1) is 11.3 Å². The molecule has 0 fully saturated rings. The van der Waals surface area contributed by atoms with Gasteiger partial charge in [0.2, 0.25) is 0 Å². The maximum absolute atomic E-state index is 4.69. The second-order valence-corrected chi connectivity index (χ2v) is 6.08. The Morgan fingerprint density at radius 1 is 1.11 bits per heavy atom. The second-order valence-electron chi connectivity index (χ2n) is 4.71. The van der Waals surface area contributed by atoms with Crippen molar-refractivity contribution < 1.29 is 0 Å². The normalized spacial score (nSPS) is 10.8. The van der Waals surface area contributed by atoms with Gasteiger partial charge in [-0.25, -0.2) is 4.98 Å². The molecule has 3 heteroatoms. The number of nitrogens with zero attached hydrogens (tertiary/aromatic N) is 1. The Kier molecular flexibility index (Phi) is 3.22. The van der Waals surface area contributed by atoms with Gasteiger partial charge in [-0.05, 0) is 43.7 Å². The number of rotatable bonds is 3. The molecule has 19 heavy (non-hydrogen) atoms. The number of anilines is 1. The lowest BCUT2D eigenvalue weighted by atomic mass is 10.1. The molecule has 0 amide bonds. The molecule has 0 aliphatic rings. The molecule has 0 unspecified atom stereocenters. The maximum atomic E-state index is 4.69. The minimum Gasteiger partial charge on any atom is -0.365 e. The molecule has 0 spiro atoms. The fraction of sp³-hybridized carbons (Fsp3) is 0.188. The molecule has 1 aromatic carbocycles. The number of para-hydroxylation sites is 1. The quantitative estimate of drug-likeness (QED) is 0.755. The van der Waals surface area contributed by atoms with Crippen LogP contribution in [0.25, 0.3) is 10.9 Å². The fourth-order valence-corrected chi connectivity index (χ4v) is 2.98. The second kappa shape index (κ2) is 5.02. The number of aryl methyl sites for hydroxylation is 2. The lowest BCUT2D eigenvalue weighted by Crippen LogP contribution is -2.02. The number of thiophene rings is 1. The standard InChI is InChI=1S/C16H16N2S/c1-11-9-13-5-3-4-6-15(13)18-16(11)17-10-14-8-7-12(2)19-14/h3-9H,10H2,1-2H3,(H,17,18). The molecule has 96 valence electrons. The molecular weight excluding hydrogens is 252 g/mol. The van der Waals surface area contributed by atoms with Crippen LogP contribution in [0.15, 0.2) is 42.5 Å². The van der Waals surface area contributed by atoms with Crippen molar-refractivity contribution in [3.05, 3.63) is 57.8 Å². The Balaban J connectivity index is 1.86. The molecular formula is C16H16N2S. The van der Waals surface area contributed by atoms with Gasteiger partial charge in [0, 0.05) is 15.1 Å². The van der Waals surface area contributed by atoms with E-state index in [-0.39, 0.29) is 0 Å². The van der Waals surface area contributed by atoms with Crippen LogP contribution in [-0.4, -0.2) is 4.98 Å². The van der Waals surface area contributed by atoms with Gasteiger partial charge in [0.25, 0.3) is 0 Å². The van der Waals surface area contributed by atoms with Crippen LogP contribution in [0, 0.1) is 13.8 Å². The predicted molar refractivity (Wildman–Crippen MR) is 82.9 cm³/mol. The molecule has 3 rings (SSSR count). The maximum Gasteiger partial charge on any atom is 0.129 e. The van der Waals surface area contributed by atoms with Gasteiger partial charge < -0.3 is 5.32 Å². The molecule has 2 aromatic heterocycles. The summed E-state index contributed by atoms with van der Waals surface area (Å²) in [6, 6.07) is 14.7.